The molecule has 0 aliphatic heterocycles. The summed E-state index contributed by atoms with van der Waals surface area (Å²) in [4.78, 5) is 25.2. The Kier molecular flexibility index (Phi) is 7.28. The van der Waals surface area contributed by atoms with E-state index < -0.39 is 5.97 Å². The number of likely N-dealkylation sites (N-methyl/N-ethyl adjacent to an activating group) is 2. The molecule has 0 unspecified atom stereocenters. The largest absolute Gasteiger partial charge is 0.481 e. The van der Waals surface area contributed by atoms with E-state index in [0.29, 0.717) is 19.5 Å². The molecular formula is C10H21N3O3. The van der Waals surface area contributed by atoms with Gasteiger partial charge in [-0.1, -0.05) is 0 Å². The summed E-state index contributed by atoms with van der Waals surface area (Å²) >= 11 is 0. The minimum Gasteiger partial charge on any atom is -0.481 e. The number of nitrogens with zero attached hydrogens (tertiary/aromatic N) is 2. The van der Waals surface area contributed by atoms with Crippen LogP contribution in [-0.4, -0.2) is 67.7 Å². The first-order valence-corrected chi connectivity index (χ1v) is 5.31. The zero-order chi connectivity index (χ0) is 12.6. The first-order valence-electron chi connectivity index (χ1n) is 5.31. The normalized spacial score (nSPS) is 9.94. The first-order chi connectivity index (χ1) is 7.49. The van der Waals surface area contributed by atoms with E-state index in [9.17, 15) is 9.59 Å². The number of carboxylic acid groups (broad SMARTS) is 1. The molecule has 0 aromatic heterocycles. The second kappa shape index (κ2) is 7.92. The van der Waals surface area contributed by atoms with Crippen LogP contribution in [0.1, 0.15) is 12.8 Å². The van der Waals surface area contributed by atoms with Crippen LogP contribution in [0.2, 0.25) is 0 Å². The van der Waals surface area contributed by atoms with Crippen molar-refractivity contribution in [3.8, 4) is 0 Å². The van der Waals surface area contributed by atoms with Crippen LogP contribution in [0.3, 0.4) is 0 Å². The SMILES string of the molecule is CNCCN(C)C(=O)N(C)CCCC(=O)O. The maximum absolute atomic E-state index is 11.7. The number of carboxylic acids is 1. The van der Waals surface area contributed by atoms with Gasteiger partial charge in [0.15, 0.2) is 0 Å². The van der Waals surface area contributed by atoms with Crippen molar-refractivity contribution in [2.24, 2.45) is 0 Å². The van der Waals surface area contributed by atoms with Crippen molar-refractivity contribution in [2.45, 2.75) is 12.8 Å². The van der Waals surface area contributed by atoms with Crippen molar-refractivity contribution < 1.29 is 14.7 Å². The molecule has 0 atom stereocenters. The Bertz CT molecular complexity index is 233. The molecule has 0 aromatic rings. The third kappa shape index (κ3) is 6.23. The molecule has 0 spiro atoms. The highest BCUT2D eigenvalue weighted by Crippen LogP contribution is 1.97. The molecule has 0 aliphatic rings. The van der Waals surface area contributed by atoms with Crippen LogP contribution in [0.15, 0.2) is 0 Å². The van der Waals surface area contributed by atoms with Gasteiger partial charge in [-0.25, -0.2) is 4.79 Å². The molecular weight excluding hydrogens is 210 g/mol. The summed E-state index contributed by atoms with van der Waals surface area (Å²) in [6, 6.07) is -0.0827. The lowest BCUT2D eigenvalue weighted by molar-refractivity contribution is -0.137. The summed E-state index contributed by atoms with van der Waals surface area (Å²) in [7, 11) is 5.24. The maximum Gasteiger partial charge on any atom is 0.319 e. The van der Waals surface area contributed by atoms with E-state index in [1.807, 2.05) is 7.05 Å². The summed E-state index contributed by atoms with van der Waals surface area (Å²) in [5.41, 5.74) is 0. The van der Waals surface area contributed by atoms with Crippen molar-refractivity contribution in [1.29, 1.82) is 0 Å². The lowest BCUT2D eigenvalue weighted by Gasteiger charge is -2.24. The Labute approximate surface area is 96.2 Å². The summed E-state index contributed by atoms with van der Waals surface area (Å²) in [5.74, 6) is -0.829. The van der Waals surface area contributed by atoms with Gasteiger partial charge in [0, 0.05) is 40.2 Å². The molecule has 0 saturated heterocycles. The van der Waals surface area contributed by atoms with E-state index in [1.165, 1.54) is 0 Å². The van der Waals surface area contributed by atoms with E-state index in [1.54, 1.807) is 23.9 Å². The van der Waals surface area contributed by atoms with Gasteiger partial charge in [0.2, 0.25) is 0 Å². The molecule has 0 heterocycles. The number of hydrogen-bond donors (Lipinski definition) is 2. The van der Waals surface area contributed by atoms with E-state index >= 15 is 0 Å². The molecule has 2 N–H and O–H groups in total. The molecule has 0 bridgehead atoms. The van der Waals surface area contributed by atoms with Crippen molar-refractivity contribution in [3.05, 3.63) is 0 Å². The fourth-order valence-electron chi connectivity index (χ4n) is 1.23. The van der Waals surface area contributed by atoms with Crippen LogP contribution < -0.4 is 5.32 Å². The number of carbonyl (C=O) groups excluding carboxylic acids is 1. The predicted octanol–water partition coefficient (Wildman–Crippen LogP) is 0.0542. The number of nitrogens with one attached hydrogen (secondary N) is 1. The maximum atomic E-state index is 11.7. The van der Waals surface area contributed by atoms with Gasteiger partial charge in [-0.2, -0.15) is 0 Å². The van der Waals surface area contributed by atoms with Crippen LogP contribution in [-0.2, 0) is 4.79 Å². The monoisotopic (exact) mass is 231 g/mol. The molecule has 16 heavy (non-hydrogen) atoms. The second-order valence-electron chi connectivity index (χ2n) is 3.73. The van der Waals surface area contributed by atoms with Crippen LogP contribution >= 0.6 is 0 Å². The molecule has 0 aromatic carbocycles. The van der Waals surface area contributed by atoms with Crippen LogP contribution in [0.25, 0.3) is 0 Å². The minimum absolute atomic E-state index is 0.0827. The number of hydrogen-bond acceptors (Lipinski definition) is 3. The number of amides is 2. The van der Waals surface area contributed by atoms with Gasteiger partial charge < -0.3 is 20.2 Å². The van der Waals surface area contributed by atoms with E-state index in [-0.39, 0.29) is 12.5 Å². The van der Waals surface area contributed by atoms with Gasteiger partial charge in [0.1, 0.15) is 0 Å². The molecule has 0 radical (unpaired) electrons. The summed E-state index contributed by atoms with van der Waals surface area (Å²) < 4.78 is 0. The molecule has 6 nitrogen and oxygen atoms in total. The van der Waals surface area contributed by atoms with Crippen molar-refractivity contribution in [1.82, 2.24) is 15.1 Å². The Balaban J connectivity index is 3.83. The fraction of sp³-hybridized carbons (Fsp3) is 0.800. The van der Waals surface area contributed by atoms with Crippen LogP contribution in [0, 0.1) is 0 Å². The quantitative estimate of drug-likeness (QED) is 0.649. The summed E-state index contributed by atoms with van der Waals surface area (Å²) in [5, 5.41) is 11.4. The molecule has 6 heteroatoms. The number of carbonyl (C=O) groups is 2. The van der Waals surface area contributed by atoms with Gasteiger partial charge in [-0.15, -0.1) is 0 Å². The van der Waals surface area contributed by atoms with Gasteiger partial charge in [-0.05, 0) is 13.5 Å². The molecule has 0 saturated carbocycles. The average molecular weight is 231 g/mol. The van der Waals surface area contributed by atoms with Crippen LogP contribution in [0.4, 0.5) is 4.79 Å². The molecule has 94 valence electrons. The van der Waals surface area contributed by atoms with Crippen molar-refractivity contribution in [3.63, 3.8) is 0 Å². The predicted molar refractivity (Wildman–Crippen MR) is 61.5 cm³/mol. The lowest BCUT2D eigenvalue weighted by Crippen LogP contribution is -2.41. The van der Waals surface area contributed by atoms with Gasteiger partial charge in [0.25, 0.3) is 0 Å². The first kappa shape index (κ1) is 14.7. The number of aliphatic carboxylic acids is 1. The molecule has 0 fully saturated rings. The van der Waals surface area contributed by atoms with Gasteiger partial charge >= 0.3 is 12.0 Å². The standard InChI is InChI=1S/C10H21N3O3/c1-11-6-8-13(3)10(16)12(2)7-4-5-9(14)15/h11H,4-8H2,1-3H3,(H,14,15). The van der Waals surface area contributed by atoms with E-state index in [2.05, 4.69) is 5.32 Å². The van der Waals surface area contributed by atoms with Crippen molar-refractivity contribution >= 4 is 12.0 Å². The Morgan fingerprint density at radius 3 is 2.25 bits per heavy atom. The zero-order valence-corrected chi connectivity index (χ0v) is 10.2. The summed E-state index contributed by atoms with van der Waals surface area (Å²) in [6.45, 7) is 1.85. The smallest absolute Gasteiger partial charge is 0.319 e. The Morgan fingerprint density at radius 1 is 1.19 bits per heavy atom. The lowest BCUT2D eigenvalue weighted by atomic mass is 10.3. The van der Waals surface area contributed by atoms with E-state index in [4.69, 9.17) is 5.11 Å². The van der Waals surface area contributed by atoms with Gasteiger partial charge in [-0.3, -0.25) is 4.79 Å². The molecule has 2 amide bonds. The fourth-order valence-corrected chi connectivity index (χ4v) is 1.23. The van der Waals surface area contributed by atoms with Crippen molar-refractivity contribution in [2.75, 3.05) is 40.8 Å². The number of rotatable bonds is 7. The van der Waals surface area contributed by atoms with Gasteiger partial charge in [0.05, 0.1) is 0 Å². The third-order valence-corrected chi connectivity index (χ3v) is 2.23. The van der Waals surface area contributed by atoms with E-state index in [0.717, 1.165) is 6.54 Å². The Hall–Kier alpha value is -1.30. The molecule has 0 aliphatic carbocycles. The van der Waals surface area contributed by atoms with Crippen LogP contribution in [0.5, 0.6) is 0 Å². The highest BCUT2D eigenvalue weighted by Gasteiger charge is 2.13. The molecule has 0 rings (SSSR count). The summed E-state index contributed by atoms with van der Waals surface area (Å²) in [6.07, 6.45) is 0.579. The average Bonchev–Trinajstić information content (AvgIpc) is 2.24. The highest BCUT2D eigenvalue weighted by atomic mass is 16.4. The third-order valence-electron chi connectivity index (χ3n) is 2.23. The second-order valence-corrected chi connectivity index (χ2v) is 3.73. The highest BCUT2D eigenvalue weighted by molar-refractivity contribution is 5.74. The Morgan fingerprint density at radius 2 is 1.75 bits per heavy atom. The zero-order valence-electron chi connectivity index (χ0n) is 10.2. The minimum atomic E-state index is -0.829. The topological polar surface area (TPSA) is 72.9 Å². The number of urea groups is 1.